The van der Waals surface area contributed by atoms with Crippen molar-refractivity contribution in [1.29, 1.82) is 0 Å². The highest BCUT2D eigenvalue weighted by atomic mass is 16.6. The third-order valence-corrected chi connectivity index (χ3v) is 5.42. The van der Waals surface area contributed by atoms with Crippen molar-refractivity contribution in [3.05, 3.63) is 52.0 Å². The molecule has 31 heavy (non-hydrogen) atoms. The number of hydrogen-bond donors (Lipinski definition) is 2. The van der Waals surface area contributed by atoms with Crippen molar-refractivity contribution in [3.63, 3.8) is 0 Å². The Balaban J connectivity index is 1.54. The molecule has 1 atom stereocenters. The number of carbonyl (C=O) groups is 2. The third kappa shape index (κ3) is 5.40. The second kappa shape index (κ2) is 9.61. The minimum atomic E-state index is -0.558. The van der Waals surface area contributed by atoms with E-state index in [0.29, 0.717) is 37.4 Å². The molecule has 166 valence electrons. The van der Waals surface area contributed by atoms with Crippen LogP contribution in [0, 0.1) is 17.0 Å². The summed E-state index contributed by atoms with van der Waals surface area (Å²) in [7, 11) is 1.42. The van der Waals surface area contributed by atoms with Gasteiger partial charge in [-0.25, -0.2) is 0 Å². The Morgan fingerprint density at radius 3 is 2.55 bits per heavy atom. The molecule has 2 heterocycles. The zero-order chi connectivity index (χ0) is 22.5. The molecule has 1 aliphatic rings. The zero-order valence-electron chi connectivity index (χ0n) is 17.7. The van der Waals surface area contributed by atoms with Crippen molar-refractivity contribution in [3.8, 4) is 5.75 Å². The number of nitro groups is 1. The predicted molar refractivity (Wildman–Crippen MR) is 113 cm³/mol. The third-order valence-electron chi connectivity index (χ3n) is 5.42. The van der Waals surface area contributed by atoms with Crippen LogP contribution < -0.4 is 15.4 Å². The predicted octanol–water partition coefficient (Wildman–Crippen LogP) is 2.73. The number of methoxy groups -OCH3 is 1. The normalized spacial score (nSPS) is 15.8. The fourth-order valence-corrected chi connectivity index (χ4v) is 3.54. The molecule has 1 aromatic carbocycles. The summed E-state index contributed by atoms with van der Waals surface area (Å²) in [6, 6.07) is 7.18. The Kier molecular flexibility index (Phi) is 6.91. The van der Waals surface area contributed by atoms with Gasteiger partial charge in [0.1, 0.15) is 17.2 Å². The standard InChI is InChI=1S/C21H26N4O6/c1-13-4-7-19(31-13)21(27)22-15-8-10-24(11-9-15)14(2)20(26)23-17-6-5-16(30-3)12-18(17)25(28)29/h4-7,12,14-15H,8-11H2,1-3H3,(H,22,27)(H,23,26). The molecule has 0 radical (unpaired) electrons. The van der Waals surface area contributed by atoms with E-state index in [0.717, 1.165) is 0 Å². The van der Waals surface area contributed by atoms with E-state index < -0.39 is 11.0 Å². The summed E-state index contributed by atoms with van der Waals surface area (Å²) in [6.07, 6.45) is 1.37. The maximum absolute atomic E-state index is 12.7. The summed E-state index contributed by atoms with van der Waals surface area (Å²) in [4.78, 5) is 37.7. The molecule has 2 aromatic rings. The van der Waals surface area contributed by atoms with Crippen molar-refractivity contribution in [1.82, 2.24) is 10.2 Å². The van der Waals surface area contributed by atoms with Gasteiger partial charge in [-0.05, 0) is 51.0 Å². The van der Waals surface area contributed by atoms with E-state index in [4.69, 9.17) is 9.15 Å². The molecular formula is C21H26N4O6. The Morgan fingerprint density at radius 1 is 1.26 bits per heavy atom. The Hall–Kier alpha value is -3.40. The van der Waals surface area contributed by atoms with Gasteiger partial charge in [-0.3, -0.25) is 24.6 Å². The summed E-state index contributed by atoms with van der Waals surface area (Å²) in [5.74, 6) is 0.725. The van der Waals surface area contributed by atoms with Crippen LogP contribution in [0.2, 0.25) is 0 Å². The number of benzene rings is 1. The van der Waals surface area contributed by atoms with E-state index in [1.807, 2.05) is 4.90 Å². The van der Waals surface area contributed by atoms with Crippen LogP contribution in [0.3, 0.4) is 0 Å². The van der Waals surface area contributed by atoms with E-state index in [2.05, 4.69) is 10.6 Å². The van der Waals surface area contributed by atoms with Crippen LogP contribution >= 0.6 is 0 Å². The molecule has 1 fully saturated rings. The molecule has 2 N–H and O–H groups in total. The molecule has 0 spiro atoms. The van der Waals surface area contributed by atoms with Crippen LogP contribution in [0.1, 0.15) is 36.1 Å². The van der Waals surface area contributed by atoms with E-state index in [-0.39, 0.29) is 35.0 Å². The molecule has 3 rings (SSSR count). The largest absolute Gasteiger partial charge is 0.496 e. The highest BCUT2D eigenvalue weighted by molar-refractivity contribution is 5.96. The van der Waals surface area contributed by atoms with Crippen LogP contribution in [-0.2, 0) is 4.79 Å². The van der Waals surface area contributed by atoms with Crippen molar-refractivity contribution in [2.75, 3.05) is 25.5 Å². The topological polar surface area (TPSA) is 127 Å². The number of rotatable bonds is 7. The summed E-state index contributed by atoms with van der Waals surface area (Å²) in [6.45, 7) is 4.76. The van der Waals surface area contributed by atoms with Gasteiger partial charge in [0.2, 0.25) is 5.91 Å². The number of furan rings is 1. The first kappa shape index (κ1) is 22.3. The van der Waals surface area contributed by atoms with Gasteiger partial charge in [-0.2, -0.15) is 0 Å². The number of nitro benzene ring substituents is 1. The van der Waals surface area contributed by atoms with Gasteiger partial charge in [-0.15, -0.1) is 0 Å². The average molecular weight is 430 g/mol. The second-order valence-corrected chi connectivity index (χ2v) is 7.50. The molecule has 1 aromatic heterocycles. The molecule has 1 saturated heterocycles. The number of ether oxygens (including phenoxy) is 1. The monoisotopic (exact) mass is 430 g/mol. The van der Waals surface area contributed by atoms with Crippen molar-refractivity contribution >= 4 is 23.2 Å². The number of likely N-dealkylation sites (tertiary alicyclic amines) is 1. The lowest BCUT2D eigenvalue weighted by Crippen LogP contribution is -2.50. The van der Waals surface area contributed by atoms with Crippen LogP contribution in [0.5, 0.6) is 5.75 Å². The van der Waals surface area contributed by atoms with E-state index in [9.17, 15) is 19.7 Å². The number of anilines is 1. The van der Waals surface area contributed by atoms with Gasteiger partial charge in [0, 0.05) is 19.1 Å². The Labute approximate surface area is 179 Å². The second-order valence-electron chi connectivity index (χ2n) is 7.50. The van der Waals surface area contributed by atoms with E-state index in [1.54, 1.807) is 32.0 Å². The molecule has 10 heteroatoms. The number of hydrogen-bond acceptors (Lipinski definition) is 7. The number of aryl methyl sites for hydroxylation is 1. The van der Waals surface area contributed by atoms with Crippen LogP contribution in [0.15, 0.2) is 34.7 Å². The minimum Gasteiger partial charge on any atom is -0.496 e. The van der Waals surface area contributed by atoms with E-state index in [1.165, 1.54) is 19.2 Å². The lowest BCUT2D eigenvalue weighted by molar-refractivity contribution is -0.384. The van der Waals surface area contributed by atoms with Crippen LogP contribution in [0.25, 0.3) is 0 Å². The number of amides is 2. The van der Waals surface area contributed by atoms with Crippen LogP contribution in [0.4, 0.5) is 11.4 Å². The van der Waals surface area contributed by atoms with Crippen molar-refractivity contribution in [2.45, 2.75) is 38.8 Å². The van der Waals surface area contributed by atoms with Gasteiger partial charge >= 0.3 is 0 Å². The molecule has 1 aliphatic heterocycles. The van der Waals surface area contributed by atoms with Crippen molar-refractivity contribution < 1.29 is 23.7 Å². The average Bonchev–Trinajstić information content (AvgIpc) is 3.20. The minimum absolute atomic E-state index is 0.00732. The Bertz CT molecular complexity index is 965. The van der Waals surface area contributed by atoms with Gasteiger partial charge < -0.3 is 19.8 Å². The first-order chi connectivity index (χ1) is 14.8. The van der Waals surface area contributed by atoms with E-state index >= 15 is 0 Å². The number of nitrogens with zero attached hydrogens (tertiary/aromatic N) is 2. The SMILES string of the molecule is COc1ccc(NC(=O)C(C)N2CCC(NC(=O)c3ccc(C)o3)CC2)c([N+](=O)[O-])c1. The summed E-state index contributed by atoms with van der Waals surface area (Å²) >= 11 is 0. The molecule has 0 bridgehead atoms. The Morgan fingerprint density at radius 2 is 1.97 bits per heavy atom. The summed E-state index contributed by atoms with van der Waals surface area (Å²) in [5.41, 5.74) is -0.104. The van der Waals surface area contributed by atoms with Gasteiger partial charge in [0.15, 0.2) is 5.76 Å². The maximum Gasteiger partial charge on any atom is 0.296 e. The lowest BCUT2D eigenvalue weighted by Gasteiger charge is -2.35. The first-order valence-corrected chi connectivity index (χ1v) is 10.0. The molecule has 0 aliphatic carbocycles. The highest BCUT2D eigenvalue weighted by Crippen LogP contribution is 2.29. The summed E-state index contributed by atoms with van der Waals surface area (Å²) < 4.78 is 10.4. The molecule has 0 saturated carbocycles. The maximum atomic E-state index is 12.7. The van der Waals surface area contributed by atoms with Gasteiger partial charge in [0.05, 0.1) is 24.1 Å². The quantitative estimate of drug-likeness (QED) is 0.511. The van der Waals surface area contributed by atoms with Crippen molar-refractivity contribution in [2.24, 2.45) is 0 Å². The summed E-state index contributed by atoms with van der Waals surface area (Å²) in [5, 5.41) is 16.9. The lowest BCUT2D eigenvalue weighted by atomic mass is 10.0. The molecular weight excluding hydrogens is 404 g/mol. The van der Waals surface area contributed by atoms with Gasteiger partial charge in [0.25, 0.3) is 11.6 Å². The number of piperidine rings is 1. The van der Waals surface area contributed by atoms with Crippen LogP contribution in [-0.4, -0.2) is 53.9 Å². The number of nitrogens with one attached hydrogen (secondary N) is 2. The first-order valence-electron chi connectivity index (χ1n) is 10.0. The smallest absolute Gasteiger partial charge is 0.296 e. The molecule has 2 amide bonds. The number of carbonyl (C=O) groups excluding carboxylic acids is 2. The molecule has 10 nitrogen and oxygen atoms in total. The fourth-order valence-electron chi connectivity index (χ4n) is 3.54. The fraction of sp³-hybridized carbons (Fsp3) is 0.429. The van der Waals surface area contributed by atoms with Gasteiger partial charge in [-0.1, -0.05) is 0 Å². The zero-order valence-corrected chi connectivity index (χ0v) is 17.7. The molecule has 1 unspecified atom stereocenters. The highest BCUT2D eigenvalue weighted by Gasteiger charge is 2.29.